The van der Waals surface area contributed by atoms with Crippen molar-refractivity contribution in [3.05, 3.63) is 41.9 Å². The molecule has 12 heteroatoms. The minimum absolute atomic E-state index is 0.245. The van der Waals surface area contributed by atoms with E-state index >= 15 is 0 Å². The number of aromatic nitrogens is 6. The first-order valence-corrected chi connectivity index (χ1v) is 11.6. The van der Waals surface area contributed by atoms with E-state index < -0.39 is 6.09 Å². The fourth-order valence-electron chi connectivity index (χ4n) is 4.82. The van der Waals surface area contributed by atoms with Gasteiger partial charge in [-0.25, -0.2) is 14.8 Å². The number of nitrogens with zero attached hydrogens (tertiary/aromatic N) is 7. The van der Waals surface area contributed by atoms with Gasteiger partial charge < -0.3 is 19.4 Å². The molecule has 1 amide bonds. The van der Waals surface area contributed by atoms with E-state index in [0.29, 0.717) is 28.3 Å². The molecule has 0 saturated heterocycles. The molecule has 6 rings (SSSR count). The van der Waals surface area contributed by atoms with Gasteiger partial charge >= 0.3 is 6.09 Å². The SMILES string of the molecule is COC(=O)Nc1cc(Oc2cnc3nc(Nc4cc5n(n4)CCCC54CC4)n(C)c3c2C#N)ccn1. The first-order chi connectivity index (χ1) is 17.5. The number of nitriles is 1. The van der Waals surface area contributed by atoms with Gasteiger partial charge in [-0.15, -0.1) is 0 Å². The number of carbonyl (C=O) groups excluding carboxylic acids is 1. The Hall–Kier alpha value is -4.66. The van der Waals surface area contributed by atoms with Gasteiger partial charge in [-0.05, 0) is 31.7 Å². The molecule has 0 aromatic carbocycles. The molecule has 5 heterocycles. The van der Waals surface area contributed by atoms with E-state index in [-0.39, 0.29) is 17.1 Å². The molecule has 4 aromatic heterocycles. The van der Waals surface area contributed by atoms with Crippen LogP contribution >= 0.6 is 0 Å². The first-order valence-electron chi connectivity index (χ1n) is 11.6. The van der Waals surface area contributed by atoms with Crippen molar-refractivity contribution in [3.63, 3.8) is 0 Å². The van der Waals surface area contributed by atoms with Crippen molar-refractivity contribution in [1.82, 2.24) is 29.3 Å². The van der Waals surface area contributed by atoms with E-state index in [9.17, 15) is 10.1 Å². The number of ether oxygens (including phenoxy) is 2. The predicted molar refractivity (Wildman–Crippen MR) is 129 cm³/mol. The van der Waals surface area contributed by atoms with Gasteiger partial charge in [-0.2, -0.15) is 15.3 Å². The zero-order valence-corrected chi connectivity index (χ0v) is 19.8. The molecule has 36 heavy (non-hydrogen) atoms. The van der Waals surface area contributed by atoms with Gasteiger partial charge in [0.15, 0.2) is 17.2 Å². The Kier molecular flexibility index (Phi) is 4.99. The van der Waals surface area contributed by atoms with Crippen molar-refractivity contribution in [3.8, 4) is 17.6 Å². The van der Waals surface area contributed by atoms with Crippen molar-refractivity contribution in [2.75, 3.05) is 17.7 Å². The van der Waals surface area contributed by atoms with E-state index in [4.69, 9.17) is 9.84 Å². The van der Waals surface area contributed by atoms with Crippen LogP contribution in [0.5, 0.6) is 11.5 Å². The van der Waals surface area contributed by atoms with Crippen molar-refractivity contribution < 1.29 is 14.3 Å². The van der Waals surface area contributed by atoms with Crippen LogP contribution in [0.4, 0.5) is 22.4 Å². The number of hydrogen-bond donors (Lipinski definition) is 2. The maximum Gasteiger partial charge on any atom is 0.412 e. The number of imidazole rings is 1. The predicted octanol–water partition coefficient (Wildman–Crippen LogP) is 3.97. The minimum Gasteiger partial charge on any atom is -0.454 e. The molecule has 1 aliphatic heterocycles. The van der Waals surface area contributed by atoms with Crippen LogP contribution in [0.3, 0.4) is 0 Å². The second kappa shape index (κ2) is 8.23. The molecule has 0 atom stereocenters. The highest BCUT2D eigenvalue weighted by Crippen LogP contribution is 2.54. The highest BCUT2D eigenvalue weighted by molar-refractivity contribution is 5.85. The molecular weight excluding hydrogens is 462 g/mol. The summed E-state index contributed by atoms with van der Waals surface area (Å²) in [5, 5.41) is 20.5. The Balaban J connectivity index is 1.30. The van der Waals surface area contributed by atoms with Gasteiger partial charge in [0.2, 0.25) is 5.95 Å². The number of aryl methyl sites for hydroxylation is 2. The number of nitrogens with one attached hydrogen (secondary N) is 2. The summed E-state index contributed by atoms with van der Waals surface area (Å²) in [4.78, 5) is 24.5. The number of methoxy groups -OCH3 is 1. The number of fused-ring (bicyclic) bond motifs is 3. The molecule has 0 unspecified atom stereocenters. The van der Waals surface area contributed by atoms with Crippen LogP contribution in [0, 0.1) is 11.3 Å². The monoisotopic (exact) mass is 485 g/mol. The van der Waals surface area contributed by atoms with Crippen molar-refractivity contribution in [1.29, 1.82) is 5.26 Å². The number of anilines is 3. The van der Waals surface area contributed by atoms with E-state index in [1.54, 1.807) is 10.6 Å². The summed E-state index contributed by atoms with van der Waals surface area (Å²) >= 11 is 0. The lowest BCUT2D eigenvalue weighted by Crippen LogP contribution is -2.21. The normalized spacial score (nSPS) is 15.2. The maximum absolute atomic E-state index is 11.5. The minimum atomic E-state index is -0.652. The number of rotatable bonds is 5. The van der Waals surface area contributed by atoms with Crippen LogP contribution in [0.15, 0.2) is 30.6 Å². The Morgan fingerprint density at radius 3 is 2.86 bits per heavy atom. The van der Waals surface area contributed by atoms with Crippen LogP contribution in [-0.2, 0) is 23.7 Å². The van der Waals surface area contributed by atoms with Crippen molar-refractivity contribution >= 4 is 34.8 Å². The van der Waals surface area contributed by atoms with E-state index in [1.807, 2.05) is 7.05 Å². The number of amides is 1. The summed E-state index contributed by atoms with van der Waals surface area (Å²) in [5.74, 6) is 2.12. The number of pyridine rings is 2. The molecule has 182 valence electrons. The Morgan fingerprint density at radius 1 is 1.22 bits per heavy atom. The third kappa shape index (κ3) is 3.65. The highest BCUT2D eigenvalue weighted by atomic mass is 16.5. The summed E-state index contributed by atoms with van der Waals surface area (Å²) < 4.78 is 14.4. The quantitative estimate of drug-likeness (QED) is 0.429. The fourth-order valence-corrected chi connectivity index (χ4v) is 4.82. The second-order valence-electron chi connectivity index (χ2n) is 9.02. The Bertz CT molecular complexity index is 1540. The molecule has 1 saturated carbocycles. The Morgan fingerprint density at radius 2 is 2.08 bits per heavy atom. The largest absolute Gasteiger partial charge is 0.454 e. The van der Waals surface area contributed by atoms with E-state index in [1.165, 1.54) is 50.5 Å². The van der Waals surface area contributed by atoms with Gasteiger partial charge in [0.05, 0.1) is 13.3 Å². The van der Waals surface area contributed by atoms with Gasteiger partial charge in [0.25, 0.3) is 0 Å². The van der Waals surface area contributed by atoms with Crippen LogP contribution < -0.4 is 15.4 Å². The summed E-state index contributed by atoms with van der Waals surface area (Å²) in [6.45, 7) is 0.925. The smallest absolute Gasteiger partial charge is 0.412 e. The molecule has 2 aliphatic rings. The van der Waals surface area contributed by atoms with Gasteiger partial charge in [0.1, 0.15) is 28.7 Å². The molecule has 12 nitrogen and oxygen atoms in total. The summed E-state index contributed by atoms with van der Waals surface area (Å²) in [5.41, 5.74) is 2.82. The molecule has 1 aliphatic carbocycles. The van der Waals surface area contributed by atoms with Gasteiger partial charge in [-0.3, -0.25) is 10.00 Å². The van der Waals surface area contributed by atoms with E-state index in [2.05, 4.69) is 47.1 Å². The molecule has 1 fully saturated rings. The van der Waals surface area contributed by atoms with E-state index in [0.717, 1.165) is 18.8 Å². The molecule has 0 bridgehead atoms. The summed E-state index contributed by atoms with van der Waals surface area (Å²) in [6, 6.07) is 7.45. The average molecular weight is 486 g/mol. The van der Waals surface area contributed by atoms with Gasteiger partial charge in [0, 0.05) is 43.0 Å². The van der Waals surface area contributed by atoms with Crippen LogP contribution in [0.1, 0.15) is 36.9 Å². The van der Waals surface area contributed by atoms with Crippen LogP contribution in [0.2, 0.25) is 0 Å². The summed E-state index contributed by atoms with van der Waals surface area (Å²) in [7, 11) is 3.07. The summed E-state index contributed by atoms with van der Waals surface area (Å²) in [6.07, 6.45) is 7.09. The Labute approximate surface area is 205 Å². The second-order valence-corrected chi connectivity index (χ2v) is 9.02. The molecule has 1 spiro atoms. The third-order valence-corrected chi connectivity index (χ3v) is 6.79. The van der Waals surface area contributed by atoms with Gasteiger partial charge in [-0.1, -0.05) is 0 Å². The molecular formula is C24H23N9O3. The lowest BCUT2D eigenvalue weighted by atomic mass is 9.93. The standard InChI is InChI=1S/C24H23N9O3/c1-32-20-15(12-25)16(36-14-4-8-26-18(10-14)29-23(34)35-2)13-27-21(20)30-22(32)28-19-11-17-24(6-7-24)5-3-9-33(17)31-19/h4,8,10-11,13H,3,5-7,9H2,1-2H3,(H,26,29,34)(H,27,28,30,31). The van der Waals surface area contributed by atoms with Crippen molar-refractivity contribution in [2.45, 2.75) is 37.6 Å². The zero-order chi connectivity index (χ0) is 24.9. The number of carbonyl (C=O) groups is 1. The number of hydrogen-bond acceptors (Lipinski definition) is 9. The van der Waals surface area contributed by atoms with Crippen LogP contribution in [-0.4, -0.2) is 42.5 Å². The lowest BCUT2D eigenvalue weighted by Gasteiger charge is -2.22. The maximum atomic E-state index is 11.5. The lowest BCUT2D eigenvalue weighted by molar-refractivity contribution is 0.187. The van der Waals surface area contributed by atoms with Crippen molar-refractivity contribution in [2.24, 2.45) is 7.05 Å². The third-order valence-electron chi connectivity index (χ3n) is 6.79. The zero-order valence-electron chi connectivity index (χ0n) is 19.8. The van der Waals surface area contributed by atoms with Crippen LogP contribution in [0.25, 0.3) is 11.2 Å². The highest BCUT2D eigenvalue weighted by Gasteiger charge is 2.48. The topological polar surface area (TPSA) is 145 Å². The molecule has 2 N–H and O–H groups in total. The molecule has 0 radical (unpaired) electrons. The first kappa shape index (κ1) is 21.8. The fraction of sp³-hybridized carbons (Fsp3) is 0.333. The molecule has 4 aromatic rings. The average Bonchev–Trinajstić information content (AvgIpc) is 3.40.